The lowest BCUT2D eigenvalue weighted by Crippen LogP contribution is -2.56. The maximum atomic E-state index is 13.5. The lowest BCUT2D eigenvalue weighted by molar-refractivity contribution is -0.128. The fraction of sp³-hybridized carbons (Fsp3) is 0.636. The number of rotatable bonds is 6. The van der Waals surface area contributed by atoms with Gasteiger partial charge in [-0.3, -0.25) is 14.5 Å². The molecule has 0 spiro atoms. The van der Waals surface area contributed by atoms with Gasteiger partial charge in [-0.1, -0.05) is 11.6 Å². The first kappa shape index (κ1) is 21.3. The molecule has 5 aliphatic rings. The summed E-state index contributed by atoms with van der Waals surface area (Å²) in [5, 5.41) is 6.95. The second kappa shape index (κ2) is 8.12. The van der Waals surface area contributed by atoms with E-state index in [2.05, 4.69) is 22.6 Å². The second-order valence-electron chi connectivity index (χ2n) is 9.36. The van der Waals surface area contributed by atoms with Gasteiger partial charge >= 0.3 is 0 Å². The highest BCUT2D eigenvalue weighted by Gasteiger charge is 2.58. The third-order valence-electron chi connectivity index (χ3n) is 7.43. The van der Waals surface area contributed by atoms with E-state index in [1.165, 1.54) is 30.4 Å². The lowest BCUT2D eigenvalue weighted by atomic mass is 9.76. The number of hydrogen-bond acceptors (Lipinski definition) is 5. The van der Waals surface area contributed by atoms with E-state index in [-0.39, 0.29) is 46.8 Å². The molecule has 2 amide bonds. The van der Waals surface area contributed by atoms with Gasteiger partial charge in [-0.25, -0.2) is 4.39 Å². The molecule has 2 aliphatic heterocycles. The Labute approximate surface area is 190 Å². The zero-order valence-electron chi connectivity index (χ0n) is 17.4. The van der Waals surface area contributed by atoms with Crippen LogP contribution in [0.15, 0.2) is 18.2 Å². The maximum absolute atomic E-state index is 13.5. The van der Waals surface area contributed by atoms with Crippen LogP contribution in [0.5, 0.6) is 5.75 Å². The minimum absolute atomic E-state index is 0.0145. The highest BCUT2D eigenvalue weighted by Crippen LogP contribution is 2.52. The molecule has 6 nitrogen and oxygen atoms in total. The number of thioether (sulfide) groups is 1. The Morgan fingerprint density at radius 1 is 1.35 bits per heavy atom. The van der Waals surface area contributed by atoms with Crippen LogP contribution in [0.25, 0.3) is 0 Å². The molecule has 3 saturated carbocycles. The molecule has 1 aromatic carbocycles. The highest BCUT2D eigenvalue weighted by molar-refractivity contribution is 8.00. The fourth-order valence-electron chi connectivity index (χ4n) is 5.85. The zero-order chi connectivity index (χ0) is 21.8. The molecule has 2 N–H and O–H groups in total. The Morgan fingerprint density at radius 2 is 2.16 bits per heavy atom. The van der Waals surface area contributed by atoms with Crippen LogP contribution < -0.4 is 15.4 Å². The first-order valence-corrected chi connectivity index (χ1v) is 12.3. The van der Waals surface area contributed by atoms with Crippen LogP contribution in [-0.4, -0.2) is 65.0 Å². The normalized spacial score (nSPS) is 36.0. The van der Waals surface area contributed by atoms with Gasteiger partial charge in [0, 0.05) is 28.9 Å². The first-order chi connectivity index (χ1) is 14.8. The fourth-order valence-corrected chi connectivity index (χ4v) is 7.52. The summed E-state index contributed by atoms with van der Waals surface area (Å²) in [6, 6.07) is 4.61. The van der Waals surface area contributed by atoms with Crippen LogP contribution in [0.2, 0.25) is 5.02 Å². The number of fused-ring (bicyclic) bond motifs is 2. The molecule has 31 heavy (non-hydrogen) atoms. The van der Waals surface area contributed by atoms with Crippen molar-refractivity contribution in [3.8, 4) is 5.75 Å². The number of carbonyl (C=O) groups excluding carboxylic acids is 2. The van der Waals surface area contributed by atoms with Crippen LogP contribution in [-0.2, 0) is 9.59 Å². The molecule has 2 saturated heterocycles. The minimum atomic E-state index is -0.580. The smallest absolute Gasteiger partial charge is 0.258 e. The highest BCUT2D eigenvalue weighted by atomic mass is 35.5. The molecule has 3 unspecified atom stereocenters. The lowest BCUT2D eigenvalue weighted by Gasteiger charge is -2.40. The van der Waals surface area contributed by atoms with Gasteiger partial charge in [0.25, 0.3) is 5.91 Å². The summed E-state index contributed by atoms with van der Waals surface area (Å²) in [6.45, 7) is -0.184. The largest absolute Gasteiger partial charge is 0.484 e. The van der Waals surface area contributed by atoms with Gasteiger partial charge in [0.15, 0.2) is 6.61 Å². The summed E-state index contributed by atoms with van der Waals surface area (Å²) < 4.78 is 18.9. The molecular formula is C22H27ClFN3O3S. The predicted molar refractivity (Wildman–Crippen MR) is 118 cm³/mol. The van der Waals surface area contributed by atoms with Crippen LogP contribution in [0.1, 0.15) is 32.1 Å². The third kappa shape index (κ3) is 4.02. The van der Waals surface area contributed by atoms with Crippen molar-refractivity contribution in [1.29, 1.82) is 0 Å². The van der Waals surface area contributed by atoms with E-state index < -0.39 is 5.82 Å². The van der Waals surface area contributed by atoms with Crippen molar-refractivity contribution >= 4 is 35.2 Å². The molecule has 4 atom stereocenters. The number of nitrogens with one attached hydrogen (secondary N) is 2. The quantitative estimate of drug-likeness (QED) is 0.673. The molecule has 2 bridgehead atoms. The van der Waals surface area contributed by atoms with Gasteiger partial charge in [0.1, 0.15) is 11.6 Å². The van der Waals surface area contributed by atoms with E-state index in [4.69, 9.17) is 16.3 Å². The van der Waals surface area contributed by atoms with E-state index >= 15 is 0 Å². The standard InChI is InChI=1S/C22H27ClFN3O3S/c1-27-17-4-5-31-19(17)7-18(27)21(29)26-22-8-12(9-22)16(10-22)25-20(28)11-30-13-2-3-14(23)15(24)6-13/h2-3,6,12,16-19H,4-5,7-11H2,1H3,(H,25,28)(H,26,29)/t12?,16-,17?,18?,19?,22?/m0/s1. The van der Waals surface area contributed by atoms with Gasteiger partial charge in [-0.15, -0.1) is 0 Å². The Balaban J connectivity index is 1.10. The molecule has 168 valence electrons. The predicted octanol–water partition coefficient (Wildman–Crippen LogP) is 2.59. The molecule has 0 radical (unpaired) electrons. The molecule has 2 heterocycles. The van der Waals surface area contributed by atoms with E-state index in [0.29, 0.717) is 17.2 Å². The number of ether oxygens (including phenoxy) is 1. The van der Waals surface area contributed by atoms with Crippen molar-refractivity contribution in [2.45, 2.75) is 61.0 Å². The monoisotopic (exact) mass is 467 g/mol. The summed E-state index contributed by atoms with van der Waals surface area (Å²) in [5.74, 6) is 1.15. The number of halogens is 2. The van der Waals surface area contributed by atoms with Gasteiger partial charge in [0.05, 0.1) is 11.1 Å². The molecule has 6 rings (SSSR count). The molecule has 5 fully saturated rings. The summed E-state index contributed by atoms with van der Waals surface area (Å²) in [4.78, 5) is 27.6. The molecule has 0 aromatic heterocycles. The van der Waals surface area contributed by atoms with Gasteiger partial charge in [-0.2, -0.15) is 11.8 Å². The van der Waals surface area contributed by atoms with Crippen molar-refractivity contribution in [2.24, 2.45) is 5.92 Å². The number of nitrogens with zero attached hydrogens (tertiary/aromatic N) is 1. The SMILES string of the molecule is CN1C(C(=O)NC23CC(C2)[C@@H](NC(=O)COc2ccc(Cl)c(F)c2)C3)CC2SCCC21. The number of likely N-dealkylation sites (N-methyl/N-ethyl adjacent to an activating group) is 1. The third-order valence-corrected chi connectivity index (χ3v) is 9.14. The Bertz CT molecular complexity index is 897. The average molecular weight is 468 g/mol. The van der Waals surface area contributed by atoms with Crippen molar-refractivity contribution in [1.82, 2.24) is 15.5 Å². The maximum Gasteiger partial charge on any atom is 0.258 e. The molecule has 1 aromatic rings. The van der Waals surface area contributed by atoms with Gasteiger partial charge < -0.3 is 15.4 Å². The van der Waals surface area contributed by atoms with Crippen molar-refractivity contribution < 1.29 is 18.7 Å². The minimum Gasteiger partial charge on any atom is -0.484 e. The molecular weight excluding hydrogens is 441 g/mol. The van der Waals surface area contributed by atoms with E-state index in [9.17, 15) is 14.0 Å². The van der Waals surface area contributed by atoms with Gasteiger partial charge in [0.2, 0.25) is 5.91 Å². The van der Waals surface area contributed by atoms with Crippen LogP contribution in [0.4, 0.5) is 4.39 Å². The number of hydrogen-bond donors (Lipinski definition) is 2. The Hall–Kier alpha value is -1.51. The van der Waals surface area contributed by atoms with E-state index in [1.54, 1.807) is 0 Å². The van der Waals surface area contributed by atoms with Crippen molar-refractivity contribution in [3.63, 3.8) is 0 Å². The van der Waals surface area contributed by atoms with Crippen LogP contribution >= 0.6 is 23.4 Å². The first-order valence-electron chi connectivity index (χ1n) is 10.9. The van der Waals surface area contributed by atoms with E-state index in [1.807, 2.05) is 11.8 Å². The summed E-state index contributed by atoms with van der Waals surface area (Å²) in [6.07, 6.45) is 4.67. The second-order valence-corrected chi connectivity index (χ2v) is 11.1. The Morgan fingerprint density at radius 3 is 2.90 bits per heavy atom. The number of likely N-dealkylation sites (tertiary alicyclic amines) is 1. The molecule has 3 aliphatic carbocycles. The summed E-state index contributed by atoms with van der Waals surface area (Å²) in [7, 11) is 2.08. The van der Waals surface area contributed by atoms with E-state index in [0.717, 1.165) is 25.7 Å². The van der Waals surface area contributed by atoms with Crippen molar-refractivity contribution in [2.75, 3.05) is 19.4 Å². The van der Waals surface area contributed by atoms with Crippen LogP contribution in [0, 0.1) is 11.7 Å². The average Bonchev–Trinajstić information content (AvgIpc) is 3.44. The molecule has 9 heteroatoms. The summed E-state index contributed by atoms with van der Waals surface area (Å²) >= 11 is 7.65. The Kier molecular flexibility index (Phi) is 5.59. The van der Waals surface area contributed by atoms with Crippen molar-refractivity contribution in [3.05, 3.63) is 29.0 Å². The number of amides is 2. The number of carbonyl (C=O) groups is 2. The summed E-state index contributed by atoms with van der Waals surface area (Å²) in [5.41, 5.74) is -0.189. The van der Waals surface area contributed by atoms with Crippen LogP contribution in [0.3, 0.4) is 0 Å². The number of benzene rings is 1. The zero-order valence-corrected chi connectivity index (χ0v) is 19.0. The van der Waals surface area contributed by atoms with Gasteiger partial charge in [-0.05, 0) is 63.0 Å². The topological polar surface area (TPSA) is 70.7 Å².